The summed E-state index contributed by atoms with van der Waals surface area (Å²) in [5, 5.41) is 26.0. The molecule has 0 unspecified atom stereocenters. The van der Waals surface area contributed by atoms with Crippen molar-refractivity contribution in [2.75, 3.05) is 33.0 Å². The molecule has 7 heteroatoms. The minimum absolute atomic E-state index is 0.156. The van der Waals surface area contributed by atoms with E-state index in [-0.39, 0.29) is 33.0 Å². The van der Waals surface area contributed by atoms with E-state index in [0.29, 0.717) is 6.42 Å². The SMILES string of the molecule is CCC(CO)(CO)CO.O=C1OCCOC1=O. The smallest absolute Gasteiger partial charge is 0.417 e. The number of esters is 2. The van der Waals surface area contributed by atoms with Gasteiger partial charge in [0.25, 0.3) is 0 Å². The van der Waals surface area contributed by atoms with Gasteiger partial charge < -0.3 is 24.8 Å². The fourth-order valence-electron chi connectivity index (χ4n) is 0.872. The van der Waals surface area contributed by atoms with Crippen molar-refractivity contribution >= 4 is 11.9 Å². The van der Waals surface area contributed by atoms with E-state index < -0.39 is 17.4 Å². The number of ether oxygens (including phenoxy) is 2. The first kappa shape index (κ1) is 15.8. The topological polar surface area (TPSA) is 113 Å². The molecule has 0 aromatic rings. The van der Waals surface area contributed by atoms with E-state index in [1.54, 1.807) is 0 Å². The number of carbonyl (C=O) groups is 2. The number of cyclic esters (lactones) is 2. The molecule has 3 N–H and O–H groups in total. The van der Waals surface area contributed by atoms with Gasteiger partial charge >= 0.3 is 11.9 Å². The average Bonchev–Trinajstić information content (AvgIpc) is 2.37. The molecule has 0 saturated carbocycles. The summed E-state index contributed by atoms with van der Waals surface area (Å²) in [4.78, 5) is 20.2. The van der Waals surface area contributed by atoms with Gasteiger partial charge in [0.15, 0.2) is 0 Å². The summed E-state index contributed by atoms with van der Waals surface area (Å²) in [7, 11) is 0. The summed E-state index contributed by atoms with van der Waals surface area (Å²) >= 11 is 0. The van der Waals surface area contributed by atoms with Gasteiger partial charge in [0.2, 0.25) is 0 Å². The number of hydrogen-bond donors (Lipinski definition) is 3. The lowest BCUT2D eigenvalue weighted by atomic mass is 9.88. The molecule has 0 aliphatic carbocycles. The van der Waals surface area contributed by atoms with Crippen LogP contribution in [0.25, 0.3) is 0 Å². The lowest BCUT2D eigenvalue weighted by Gasteiger charge is -2.24. The molecule has 0 aromatic carbocycles. The Labute approximate surface area is 99.0 Å². The number of hydrogen-bond acceptors (Lipinski definition) is 7. The highest BCUT2D eigenvalue weighted by Crippen LogP contribution is 2.18. The molecule has 7 nitrogen and oxygen atoms in total. The van der Waals surface area contributed by atoms with Crippen LogP contribution in [0.2, 0.25) is 0 Å². The van der Waals surface area contributed by atoms with Crippen molar-refractivity contribution in [2.45, 2.75) is 13.3 Å². The Morgan fingerprint density at radius 3 is 1.47 bits per heavy atom. The molecule has 0 bridgehead atoms. The van der Waals surface area contributed by atoms with Crippen LogP contribution in [0.5, 0.6) is 0 Å². The van der Waals surface area contributed by atoms with Gasteiger partial charge in [-0.25, -0.2) is 9.59 Å². The first-order chi connectivity index (χ1) is 8.05. The third-order valence-electron chi connectivity index (χ3n) is 2.47. The summed E-state index contributed by atoms with van der Waals surface area (Å²) in [6.45, 7) is 1.72. The Balaban J connectivity index is 0.000000302. The van der Waals surface area contributed by atoms with Crippen molar-refractivity contribution in [3.05, 3.63) is 0 Å². The van der Waals surface area contributed by atoms with E-state index in [0.717, 1.165) is 0 Å². The molecule has 1 rings (SSSR count). The molecule has 0 aromatic heterocycles. The zero-order valence-corrected chi connectivity index (χ0v) is 9.72. The highest BCUT2D eigenvalue weighted by atomic mass is 16.6. The standard InChI is InChI=1S/C6H14O3.C4H4O4/c1-2-6(3-7,4-8)5-9;5-3-4(6)8-2-1-7-3/h7-9H,2-5H2,1H3;1-2H2. The van der Waals surface area contributed by atoms with Crippen molar-refractivity contribution in [3.63, 3.8) is 0 Å². The highest BCUT2D eigenvalue weighted by molar-refractivity contribution is 6.30. The van der Waals surface area contributed by atoms with E-state index in [2.05, 4.69) is 9.47 Å². The lowest BCUT2D eigenvalue weighted by molar-refractivity contribution is -0.177. The quantitative estimate of drug-likeness (QED) is 0.408. The predicted octanol–water partition coefficient (Wildman–Crippen LogP) is -1.55. The van der Waals surface area contributed by atoms with Crippen LogP contribution in [0.1, 0.15) is 13.3 Å². The first-order valence-electron chi connectivity index (χ1n) is 5.21. The lowest BCUT2D eigenvalue weighted by Crippen LogP contribution is -2.32. The van der Waals surface area contributed by atoms with Crippen LogP contribution in [0.15, 0.2) is 0 Å². The Morgan fingerprint density at radius 2 is 1.35 bits per heavy atom. The Kier molecular flexibility index (Phi) is 7.44. The van der Waals surface area contributed by atoms with E-state index >= 15 is 0 Å². The van der Waals surface area contributed by atoms with Crippen LogP contribution < -0.4 is 0 Å². The molecule has 0 amide bonds. The van der Waals surface area contributed by atoms with Gasteiger partial charge in [0.05, 0.1) is 19.8 Å². The molecule has 0 spiro atoms. The highest BCUT2D eigenvalue weighted by Gasteiger charge is 2.24. The Hall–Kier alpha value is -1.18. The summed E-state index contributed by atoms with van der Waals surface area (Å²) in [6, 6.07) is 0. The second kappa shape index (κ2) is 7.99. The zero-order chi connectivity index (χ0) is 13.3. The summed E-state index contributed by atoms with van der Waals surface area (Å²) < 4.78 is 8.55. The molecule has 0 atom stereocenters. The van der Waals surface area contributed by atoms with Crippen molar-refractivity contribution in [1.82, 2.24) is 0 Å². The van der Waals surface area contributed by atoms with E-state index in [4.69, 9.17) is 15.3 Å². The second-order valence-electron chi connectivity index (χ2n) is 3.60. The van der Waals surface area contributed by atoms with Crippen molar-refractivity contribution in [1.29, 1.82) is 0 Å². The van der Waals surface area contributed by atoms with Crippen LogP contribution in [0.4, 0.5) is 0 Å². The zero-order valence-electron chi connectivity index (χ0n) is 9.72. The van der Waals surface area contributed by atoms with E-state index in [9.17, 15) is 9.59 Å². The van der Waals surface area contributed by atoms with Crippen LogP contribution in [-0.2, 0) is 19.1 Å². The maximum absolute atomic E-state index is 10.1. The molecule has 17 heavy (non-hydrogen) atoms. The maximum Gasteiger partial charge on any atom is 0.417 e. The van der Waals surface area contributed by atoms with Gasteiger partial charge in [-0.05, 0) is 6.42 Å². The molecule has 1 fully saturated rings. The Morgan fingerprint density at radius 1 is 1.00 bits per heavy atom. The van der Waals surface area contributed by atoms with Gasteiger partial charge in [0, 0.05) is 5.41 Å². The second-order valence-corrected chi connectivity index (χ2v) is 3.60. The molecule has 1 saturated heterocycles. The van der Waals surface area contributed by atoms with Crippen LogP contribution >= 0.6 is 0 Å². The first-order valence-corrected chi connectivity index (χ1v) is 5.21. The van der Waals surface area contributed by atoms with Crippen LogP contribution in [0, 0.1) is 5.41 Å². The van der Waals surface area contributed by atoms with E-state index in [1.807, 2.05) is 6.92 Å². The van der Waals surface area contributed by atoms with Crippen molar-refractivity contribution in [3.8, 4) is 0 Å². The maximum atomic E-state index is 10.1. The van der Waals surface area contributed by atoms with Gasteiger partial charge in [-0.2, -0.15) is 0 Å². The van der Waals surface area contributed by atoms with Gasteiger partial charge in [0.1, 0.15) is 13.2 Å². The van der Waals surface area contributed by atoms with Gasteiger partial charge in [-0.1, -0.05) is 6.92 Å². The number of rotatable bonds is 4. The predicted molar refractivity (Wildman–Crippen MR) is 55.9 cm³/mol. The molecular weight excluding hydrogens is 232 g/mol. The monoisotopic (exact) mass is 250 g/mol. The largest absolute Gasteiger partial charge is 0.454 e. The average molecular weight is 250 g/mol. The van der Waals surface area contributed by atoms with E-state index in [1.165, 1.54) is 0 Å². The molecule has 1 aliphatic heterocycles. The van der Waals surface area contributed by atoms with Crippen LogP contribution in [0.3, 0.4) is 0 Å². The number of carbonyl (C=O) groups excluding carboxylic acids is 2. The molecule has 0 radical (unpaired) electrons. The molecule has 1 aliphatic rings. The van der Waals surface area contributed by atoms with Gasteiger partial charge in [-0.15, -0.1) is 0 Å². The Bertz CT molecular complexity index is 214. The normalized spacial score (nSPS) is 15.5. The molecular formula is C10H18O7. The summed E-state index contributed by atoms with van der Waals surface area (Å²) in [5.41, 5.74) is -0.667. The van der Waals surface area contributed by atoms with Gasteiger partial charge in [-0.3, -0.25) is 0 Å². The minimum Gasteiger partial charge on any atom is -0.454 e. The molecule has 100 valence electrons. The summed E-state index contributed by atoms with van der Waals surface area (Å²) in [5.74, 6) is -1.78. The summed E-state index contributed by atoms with van der Waals surface area (Å²) in [6.07, 6.45) is 0.594. The fourth-order valence-corrected chi connectivity index (χ4v) is 0.872. The fraction of sp³-hybridized carbons (Fsp3) is 0.800. The minimum atomic E-state index is -0.892. The third-order valence-corrected chi connectivity index (χ3v) is 2.47. The van der Waals surface area contributed by atoms with Crippen LogP contribution in [-0.4, -0.2) is 60.3 Å². The number of aliphatic hydroxyl groups is 3. The number of aliphatic hydroxyl groups excluding tert-OH is 3. The third kappa shape index (κ3) is 5.12. The van der Waals surface area contributed by atoms with Crippen molar-refractivity contribution in [2.24, 2.45) is 5.41 Å². The van der Waals surface area contributed by atoms with Crippen molar-refractivity contribution < 1.29 is 34.4 Å². The molecule has 1 heterocycles.